The van der Waals surface area contributed by atoms with Crippen molar-refractivity contribution in [1.29, 1.82) is 0 Å². The van der Waals surface area contributed by atoms with Crippen molar-refractivity contribution in [3.63, 3.8) is 0 Å². The fourth-order valence-corrected chi connectivity index (χ4v) is 6.61. The highest BCUT2D eigenvalue weighted by atomic mass is 32.1. The van der Waals surface area contributed by atoms with E-state index in [4.69, 9.17) is 4.98 Å². The van der Waals surface area contributed by atoms with Gasteiger partial charge in [0, 0.05) is 43.8 Å². The number of nitrogens with one attached hydrogen (secondary N) is 1. The van der Waals surface area contributed by atoms with Crippen LogP contribution in [-0.4, -0.2) is 54.0 Å². The number of hydrogen-bond donors (Lipinski definition) is 1. The van der Waals surface area contributed by atoms with Gasteiger partial charge in [0.1, 0.15) is 5.78 Å². The lowest BCUT2D eigenvalue weighted by molar-refractivity contribution is -0.130. The first kappa shape index (κ1) is 31.2. The normalized spacial score (nSPS) is 16.0. The van der Waals surface area contributed by atoms with Gasteiger partial charge in [0.15, 0.2) is 5.78 Å². The van der Waals surface area contributed by atoms with Crippen molar-refractivity contribution in [1.82, 2.24) is 15.2 Å². The molecule has 2 aromatic rings. The van der Waals surface area contributed by atoms with E-state index in [0.29, 0.717) is 49.6 Å². The minimum absolute atomic E-state index is 0.0618. The molecule has 7 heteroatoms. The Morgan fingerprint density at radius 1 is 1.15 bits per heavy atom. The molecular weight excluding hydrogens is 506 g/mol. The third kappa shape index (κ3) is 9.35. The monoisotopic (exact) mass is 553 g/mol. The van der Waals surface area contributed by atoms with Crippen molar-refractivity contribution >= 4 is 39.0 Å². The lowest BCUT2D eigenvalue weighted by atomic mass is 9.81. The van der Waals surface area contributed by atoms with Crippen molar-refractivity contribution in [2.45, 2.75) is 96.9 Å². The van der Waals surface area contributed by atoms with Crippen LogP contribution in [0.4, 0.5) is 0 Å². The second-order valence-corrected chi connectivity index (χ2v) is 12.9. The summed E-state index contributed by atoms with van der Waals surface area (Å²) in [4.78, 5) is 45.8. The van der Waals surface area contributed by atoms with Crippen molar-refractivity contribution < 1.29 is 14.4 Å². The molecule has 0 bridgehead atoms. The van der Waals surface area contributed by atoms with E-state index in [1.54, 1.807) is 11.3 Å². The Balaban J connectivity index is 1.76. The van der Waals surface area contributed by atoms with Crippen LogP contribution in [0, 0.1) is 11.8 Å². The van der Waals surface area contributed by atoms with Gasteiger partial charge in [0.25, 0.3) is 0 Å². The molecule has 6 nitrogen and oxygen atoms in total. The Morgan fingerprint density at radius 2 is 1.87 bits per heavy atom. The highest BCUT2D eigenvalue weighted by Gasteiger charge is 2.30. The average Bonchev–Trinajstić information content (AvgIpc) is 3.31. The van der Waals surface area contributed by atoms with Gasteiger partial charge in [-0.3, -0.25) is 14.4 Å². The highest BCUT2D eigenvalue weighted by Crippen LogP contribution is 2.31. The molecular formula is C32H47N3O3S. The Morgan fingerprint density at radius 3 is 2.51 bits per heavy atom. The molecule has 1 aromatic carbocycles. The first-order valence-electron chi connectivity index (χ1n) is 14.6. The van der Waals surface area contributed by atoms with Crippen LogP contribution in [0.25, 0.3) is 10.2 Å². The quantitative estimate of drug-likeness (QED) is 0.255. The van der Waals surface area contributed by atoms with Gasteiger partial charge in [-0.2, -0.15) is 0 Å². The van der Waals surface area contributed by atoms with Gasteiger partial charge >= 0.3 is 0 Å². The van der Waals surface area contributed by atoms with Gasteiger partial charge < -0.3 is 10.2 Å². The maximum atomic E-state index is 13.7. The van der Waals surface area contributed by atoms with Gasteiger partial charge in [-0.15, -0.1) is 11.3 Å². The van der Waals surface area contributed by atoms with E-state index in [1.807, 2.05) is 25.9 Å². The topological polar surface area (TPSA) is 79.4 Å². The van der Waals surface area contributed by atoms with Crippen LogP contribution in [-0.2, 0) is 20.8 Å². The number of fused-ring (bicyclic) bond motifs is 1. The predicted molar refractivity (Wildman–Crippen MR) is 161 cm³/mol. The zero-order valence-corrected chi connectivity index (χ0v) is 25.4. The number of benzene rings is 1. The smallest absolute Gasteiger partial charge is 0.224 e. The van der Waals surface area contributed by atoms with Gasteiger partial charge in [0.05, 0.1) is 21.1 Å². The Labute approximate surface area is 238 Å². The van der Waals surface area contributed by atoms with Gasteiger partial charge in [0.2, 0.25) is 5.91 Å². The summed E-state index contributed by atoms with van der Waals surface area (Å²) in [5, 5.41) is 4.21. The van der Waals surface area contributed by atoms with Crippen LogP contribution in [0.1, 0.15) is 95.0 Å². The number of amides is 1. The summed E-state index contributed by atoms with van der Waals surface area (Å²) in [6, 6.07) is 6.28. The largest absolute Gasteiger partial charge is 0.353 e. The highest BCUT2D eigenvalue weighted by molar-refractivity contribution is 7.18. The number of likely N-dealkylation sites (N-methyl/N-ethyl adjacent to an activating group) is 1. The molecule has 1 unspecified atom stereocenters. The number of thiazole rings is 1. The second kappa shape index (κ2) is 14.8. The van der Waals surface area contributed by atoms with Crippen molar-refractivity contribution in [2.24, 2.45) is 11.8 Å². The SMILES string of the molecule is C=C(CN(C)C)C(=O)CCC(NC(=O)[C@@H](CC(=O)CC)Cc1nc2ccc(C(C)C)cc2s1)C1CCCCC1. The van der Waals surface area contributed by atoms with Crippen molar-refractivity contribution in [3.8, 4) is 0 Å². The molecule has 1 amide bonds. The molecule has 0 spiro atoms. The third-order valence-corrected chi connectivity index (χ3v) is 8.95. The summed E-state index contributed by atoms with van der Waals surface area (Å²) in [5.74, 6) is 0.387. The number of carbonyl (C=O) groups excluding carboxylic acids is 3. The fourth-order valence-electron chi connectivity index (χ4n) is 5.52. The van der Waals surface area contributed by atoms with Crippen LogP contribution in [0.3, 0.4) is 0 Å². The molecule has 1 aromatic heterocycles. The zero-order chi connectivity index (χ0) is 28.5. The Bertz CT molecular complexity index is 1150. The zero-order valence-electron chi connectivity index (χ0n) is 24.6. The molecule has 2 atom stereocenters. The van der Waals surface area contributed by atoms with Crippen LogP contribution in [0.15, 0.2) is 30.4 Å². The van der Waals surface area contributed by atoms with Crippen LogP contribution < -0.4 is 5.32 Å². The van der Waals surface area contributed by atoms with Gasteiger partial charge in [-0.05, 0) is 62.9 Å². The molecule has 1 saturated carbocycles. The third-order valence-electron chi connectivity index (χ3n) is 7.91. The number of rotatable bonds is 15. The standard InChI is InChI=1S/C32H47N3O3S/c1-7-26(36)17-25(19-31-33-28-14-13-24(21(2)3)18-30(28)39-31)32(38)34-27(23-11-9-8-10-12-23)15-16-29(37)22(4)20-35(5)6/h13-14,18,21,23,25,27H,4,7-12,15-17,19-20H2,1-3,5-6H3,(H,34,38)/t25-,27?/m0/s1. The van der Waals surface area contributed by atoms with Crippen LogP contribution in [0.2, 0.25) is 0 Å². The van der Waals surface area contributed by atoms with E-state index < -0.39 is 5.92 Å². The van der Waals surface area contributed by atoms with E-state index in [1.165, 1.54) is 12.0 Å². The number of aromatic nitrogens is 1. The Kier molecular flexibility index (Phi) is 11.9. The summed E-state index contributed by atoms with van der Waals surface area (Å²) < 4.78 is 1.12. The summed E-state index contributed by atoms with van der Waals surface area (Å²) >= 11 is 1.62. The lowest BCUT2D eigenvalue weighted by Crippen LogP contribution is -2.45. The lowest BCUT2D eigenvalue weighted by Gasteiger charge is -2.32. The first-order valence-corrected chi connectivity index (χ1v) is 15.5. The van der Waals surface area contributed by atoms with E-state index >= 15 is 0 Å². The maximum absolute atomic E-state index is 13.7. The number of hydrogen-bond acceptors (Lipinski definition) is 6. The molecule has 1 aliphatic rings. The molecule has 214 valence electrons. The molecule has 1 aliphatic carbocycles. The molecule has 1 N–H and O–H groups in total. The summed E-state index contributed by atoms with van der Waals surface area (Å²) in [6.07, 6.45) is 7.71. The summed E-state index contributed by atoms with van der Waals surface area (Å²) in [5.41, 5.74) is 2.82. The fraction of sp³-hybridized carbons (Fsp3) is 0.625. The second-order valence-electron chi connectivity index (χ2n) is 11.8. The molecule has 0 radical (unpaired) electrons. The number of Topliss-reactive ketones (excluding diaryl/α,β-unsaturated/α-hetero) is 2. The molecule has 1 heterocycles. The van der Waals surface area contributed by atoms with E-state index in [-0.39, 0.29) is 29.9 Å². The minimum Gasteiger partial charge on any atom is -0.353 e. The number of ketones is 2. The Hall–Kier alpha value is -2.38. The van der Waals surface area contributed by atoms with Crippen LogP contribution in [0.5, 0.6) is 0 Å². The first-order chi connectivity index (χ1) is 18.6. The molecule has 3 rings (SSSR count). The maximum Gasteiger partial charge on any atom is 0.224 e. The van der Waals surface area contributed by atoms with Crippen molar-refractivity contribution in [2.75, 3.05) is 20.6 Å². The summed E-state index contributed by atoms with van der Waals surface area (Å²) in [6.45, 7) is 10.7. The minimum atomic E-state index is -0.465. The number of carbonyl (C=O) groups is 3. The average molecular weight is 554 g/mol. The molecule has 1 fully saturated rings. The summed E-state index contributed by atoms with van der Waals surface area (Å²) in [7, 11) is 3.85. The number of nitrogens with zero attached hydrogens (tertiary/aromatic N) is 2. The molecule has 0 saturated heterocycles. The van der Waals surface area contributed by atoms with Gasteiger partial charge in [-0.1, -0.05) is 52.7 Å². The molecule has 39 heavy (non-hydrogen) atoms. The molecule has 0 aliphatic heterocycles. The van der Waals surface area contributed by atoms with E-state index in [9.17, 15) is 14.4 Å². The van der Waals surface area contributed by atoms with E-state index in [2.05, 4.69) is 43.9 Å². The van der Waals surface area contributed by atoms with Crippen molar-refractivity contribution in [3.05, 3.63) is 40.9 Å². The predicted octanol–water partition coefficient (Wildman–Crippen LogP) is 6.48. The van der Waals surface area contributed by atoms with Crippen LogP contribution >= 0.6 is 11.3 Å². The van der Waals surface area contributed by atoms with Gasteiger partial charge in [-0.25, -0.2) is 4.98 Å². The van der Waals surface area contributed by atoms with E-state index in [0.717, 1.165) is 40.9 Å².